The molecule has 0 amide bonds. The summed E-state index contributed by atoms with van der Waals surface area (Å²) in [5.41, 5.74) is 2.30. The van der Waals surface area contributed by atoms with Gasteiger partial charge in [0.1, 0.15) is 11.5 Å². The minimum absolute atomic E-state index is 0.791. The molecule has 0 spiro atoms. The molecule has 0 unspecified atom stereocenters. The summed E-state index contributed by atoms with van der Waals surface area (Å²) in [4.78, 5) is 0. The largest absolute Gasteiger partial charge is 0.457 e. The molecule has 0 atom stereocenters. The van der Waals surface area contributed by atoms with Crippen molar-refractivity contribution in [3.05, 3.63) is 59.7 Å². The number of alkyl halides is 2. The lowest BCUT2D eigenvalue weighted by molar-refractivity contribution is 0.474. The van der Waals surface area contributed by atoms with E-state index in [1.165, 1.54) is 0 Å². The Morgan fingerprint density at radius 1 is 0.667 bits per heavy atom. The van der Waals surface area contributed by atoms with E-state index >= 15 is 0 Å². The van der Waals surface area contributed by atoms with Crippen LogP contribution in [0.5, 0.6) is 11.5 Å². The van der Waals surface area contributed by atoms with Gasteiger partial charge in [0.15, 0.2) is 0 Å². The fourth-order valence-corrected chi connectivity index (χ4v) is 2.47. The van der Waals surface area contributed by atoms with Gasteiger partial charge in [0.25, 0.3) is 0 Å². The third-order valence-corrected chi connectivity index (χ3v) is 3.66. The molecule has 0 heterocycles. The molecule has 0 bridgehead atoms. The maximum atomic E-state index is 5.96. The van der Waals surface area contributed by atoms with Crippen molar-refractivity contribution < 1.29 is 4.74 Å². The minimum atomic E-state index is 0.791. The fraction of sp³-hybridized carbons (Fsp3) is 0.333. The number of hydrogen-bond donors (Lipinski definition) is 0. The average molecular weight is 416 g/mol. The zero-order valence-corrected chi connectivity index (χ0v) is 16.4. The molecule has 3 heteroatoms. The van der Waals surface area contributed by atoms with Crippen molar-refractivity contribution >= 4 is 31.9 Å². The van der Waals surface area contributed by atoms with Gasteiger partial charge in [-0.1, -0.05) is 96.0 Å². The maximum Gasteiger partial charge on any atom is 0.131 e. The molecule has 0 fully saturated rings. The second-order valence-electron chi connectivity index (χ2n) is 3.58. The molecular formula is C18H24Br2O. The molecule has 2 aromatic rings. The molecule has 21 heavy (non-hydrogen) atoms. The molecule has 0 saturated carbocycles. The van der Waals surface area contributed by atoms with Crippen molar-refractivity contribution in [1.82, 2.24) is 0 Å². The van der Waals surface area contributed by atoms with Crippen molar-refractivity contribution in [2.75, 3.05) is 0 Å². The smallest absolute Gasteiger partial charge is 0.131 e. The first-order valence-corrected chi connectivity index (χ1v) is 9.55. The first-order valence-electron chi connectivity index (χ1n) is 7.30. The summed E-state index contributed by atoms with van der Waals surface area (Å²) >= 11 is 6.94. The Morgan fingerprint density at radius 2 is 1.00 bits per heavy atom. The van der Waals surface area contributed by atoms with Crippen molar-refractivity contribution in [2.45, 2.75) is 38.4 Å². The molecule has 1 nitrogen and oxygen atoms in total. The van der Waals surface area contributed by atoms with Crippen LogP contribution in [0.3, 0.4) is 0 Å². The number of rotatable bonds is 4. The van der Waals surface area contributed by atoms with Crippen LogP contribution in [0, 0.1) is 0 Å². The molecule has 0 aliphatic carbocycles. The lowest BCUT2D eigenvalue weighted by atomic mass is 10.2. The molecule has 0 aromatic heterocycles. The Bertz CT molecular complexity index is 453. The van der Waals surface area contributed by atoms with Gasteiger partial charge in [-0.15, -0.1) is 0 Å². The van der Waals surface area contributed by atoms with Crippen molar-refractivity contribution in [1.29, 1.82) is 0 Å². The van der Waals surface area contributed by atoms with Crippen LogP contribution in [0.15, 0.2) is 48.5 Å². The highest BCUT2D eigenvalue weighted by Gasteiger charge is 2.06. The van der Waals surface area contributed by atoms with Gasteiger partial charge in [0, 0.05) is 21.8 Å². The van der Waals surface area contributed by atoms with Crippen molar-refractivity contribution in [2.24, 2.45) is 0 Å². The predicted molar refractivity (Wildman–Crippen MR) is 101 cm³/mol. The van der Waals surface area contributed by atoms with Crippen LogP contribution >= 0.6 is 31.9 Å². The van der Waals surface area contributed by atoms with Crippen LogP contribution in [0.2, 0.25) is 0 Å². The van der Waals surface area contributed by atoms with Gasteiger partial charge in [-0.05, 0) is 12.1 Å². The Balaban J connectivity index is 0.000000921. The Morgan fingerprint density at radius 3 is 1.33 bits per heavy atom. The highest BCUT2D eigenvalue weighted by Crippen LogP contribution is 2.30. The Kier molecular flexibility index (Phi) is 12.4. The second-order valence-corrected chi connectivity index (χ2v) is 4.71. The van der Waals surface area contributed by atoms with Gasteiger partial charge in [-0.2, -0.15) is 0 Å². The summed E-state index contributed by atoms with van der Waals surface area (Å²) in [6, 6.07) is 16.1. The van der Waals surface area contributed by atoms with Crippen LogP contribution in [0.1, 0.15) is 38.8 Å². The van der Waals surface area contributed by atoms with Gasteiger partial charge < -0.3 is 4.74 Å². The number of halogens is 2. The maximum absolute atomic E-state index is 5.96. The zero-order chi connectivity index (χ0) is 16.1. The summed E-state index contributed by atoms with van der Waals surface area (Å²) in [6.45, 7) is 8.00. The van der Waals surface area contributed by atoms with E-state index in [1.54, 1.807) is 0 Å². The normalized spacial score (nSPS) is 8.86. The lowest BCUT2D eigenvalue weighted by Crippen LogP contribution is -1.92. The van der Waals surface area contributed by atoms with Crippen LogP contribution < -0.4 is 4.74 Å². The Labute approximate surface area is 146 Å². The van der Waals surface area contributed by atoms with E-state index in [4.69, 9.17) is 4.74 Å². The highest BCUT2D eigenvalue weighted by molar-refractivity contribution is 9.08. The third kappa shape index (κ3) is 6.66. The standard InChI is InChI=1S/C14H12Br2O.2C2H6/c15-9-11-5-1-3-7-13(11)17-14-8-4-2-6-12(14)10-16;2*1-2/h1-8H,9-10H2;2*1-2H3. The molecule has 0 saturated heterocycles. The van der Waals surface area contributed by atoms with Gasteiger partial charge >= 0.3 is 0 Å². The molecule has 0 N–H and O–H groups in total. The SMILES string of the molecule is BrCc1ccccc1Oc1ccccc1CBr.CC.CC. The minimum Gasteiger partial charge on any atom is -0.457 e. The van der Waals surface area contributed by atoms with Gasteiger partial charge in [-0.25, -0.2) is 0 Å². The van der Waals surface area contributed by atoms with E-state index in [0.29, 0.717) is 0 Å². The first kappa shape index (κ1) is 20.2. The summed E-state index contributed by atoms with van der Waals surface area (Å²) in [6.07, 6.45) is 0. The van der Waals surface area contributed by atoms with Gasteiger partial charge in [-0.3, -0.25) is 0 Å². The molecule has 0 aliphatic rings. The fourth-order valence-electron chi connectivity index (χ4n) is 1.55. The number of ether oxygens (including phenoxy) is 1. The van der Waals surface area contributed by atoms with Gasteiger partial charge in [0.05, 0.1) is 0 Å². The summed E-state index contributed by atoms with van der Waals surface area (Å²) in [5.74, 6) is 1.80. The van der Waals surface area contributed by atoms with Crippen molar-refractivity contribution in [3.63, 3.8) is 0 Å². The van der Waals surface area contributed by atoms with E-state index in [-0.39, 0.29) is 0 Å². The summed E-state index contributed by atoms with van der Waals surface area (Å²) in [5, 5.41) is 1.58. The Hall–Kier alpha value is -0.800. The molecule has 116 valence electrons. The lowest BCUT2D eigenvalue weighted by Gasteiger charge is -2.12. The monoisotopic (exact) mass is 414 g/mol. The van der Waals surface area contributed by atoms with Crippen molar-refractivity contribution in [3.8, 4) is 11.5 Å². The van der Waals surface area contributed by atoms with E-state index < -0.39 is 0 Å². The molecule has 0 radical (unpaired) electrons. The quantitative estimate of drug-likeness (QED) is 0.475. The summed E-state index contributed by atoms with van der Waals surface area (Å²) < 4.78 is 5.96. The van der Waals surface area contributed by atoms with E-state index in [9.17, 15) is 0 Å². The van der Waals surface area contributed by atoms with Crippen LogP contribution in [-0.4, -0.2) is 0 Å². The predicted octanol–water partition coefficient (Wildman–Crippen LogP) is 7.32. The second kappa shape index (κ2) is 12.9. The van der Waals surface area contributed by atoms with Crippen LogP contribution in [0.4, 0.5) is 0 Å². The zero-order valence-electron chi connectivity index (χ0n) is 13.2. The summed E-state index contributed by atoms with van der Waals surface area (Å²) in [7, 11) is 0. The first-order chi connectivity index (χ1) is 10.3. The van der Waals surface area contributed by atoms with E-state index in [1.807, 2.05) is 64.1 Å². The topological polar surface area (TPSA) is 9.23 Å². The van der Waals surface area contributed by atoms with Crippen LogP contribution in [0.25, 0.3) is 0 Å². The molecular weight excluding hydrogens is 392 g/mol. The van der Waals surface area contributed by atoms with Gasteiger partial charge in [0.2, 0.25) is 0 Å². The number of para-hydroxylation sites is 2. The average Bonchev–Trinajstić information content (AvgIpc) is 2.59. The van der Waals surface area contributed by atoms with E-state index in [0.717, 1.165) is 33.3 Å². The molecule has 2 rings (SSSR count). The molecule has 2 aromatic carbocycles. The third-order valence-electron chi connectivity index (χ3n) is 2.45. The highest BCUT2D eigenvalue weighted by atomic mass is 79.9. The van der Waals surface area contributed by atoms with Crippen LogP contribution in [-0.2, 0) is 10.7 Å². The number of hydrogen-bond acceptors (Lipinski definition) is 1. The van der Waals surface area contributed by atoms with E-state index in [2.05, 4.69) is 44.0 Å². The number of benzene rings is 2. The molecule has 0 aliphatic heterocycles.